The summed E-state index contributed by atoms with van der Waals surface area (Å²) >= 11 is 6.31. The first-order valence-corrected chi connectivity index (χ1v) is 13.8. The Labute approximate surface area is 216 Å². The van der Waals surface area contributed by atoms with Gasteiger partial charge in [0.05, 0.1) is 11.9 Å². The van der Waals surface area contributed by atoms with Crippen LogP contribution in [0.4, 0.5) is 23.1 Å². The maximum atomic E-state index is 12.4. The molecule has 11 heteroatoms. The number of para-hydroxylation sites is 1. The van der Waals surface area contributed by atoms with E-state index in [-0.39, 0.29) is 9.92 Å². The lowest BCUT2D eigenvalue weighted by Crippen LogP contribution is -2.51. The number of likely N-dealkylation sites (tertiary alicyclic amines) is 1. The van der Waals surface area contributed by atoms with Crippen molar-refractivity contribution in [2.24, 2.45) is 0 Å². The highest BCUT2D eigenvalue weighted by atomic mass is 35.5. The first-order chi connectivity index (χ1) is 17.3. The highest BCUT2D eigenvalue weighted by molar-refractivity contribution is 7.89. The molecule has 0 amide bonds. The molecule has 2 aliphatic rings. The molecule has 1 aromatic heterocycles. The maximum absolute atomic E-state index is 12.4. The second kappa shape index (κ2) is 10.3. The molecule has 5 rings (SSSR count). The molecule has 0 aliphatic carbocycles. The topological polar surface area (TPSA) is 102 Å². The van der Waals surface area contributed by atoms with E-state index in [0.717, 1.165) is 25.3 Å². The van der Waals surface area contributed by atoms with Crippen molar-refractivity contribution >= 4 is 44.8 Å². The van der Waals surface area contributed by atoms with E-state index in [2.05, 4.69) is 54.3 Å². The molecular weight excluding hydrogens is 498 g/mol. The summed E-state index contributed by atoms with van der Waals surface area (Å²) in [6.45, 7) is 3.25. The Balaban J connectivity index is 1.28. The van der Waals surface area contributed by atoms with Gasteiger partial charge in [-0.2, -0.15) is 4.98 Å². The van der Waals surface area contributed by atoms with Crippen molar-refractivity contribution in [3.8, 4) is 0 Å². The van der Waals surface area contributed by atoms with Gasteiger partial charge in [0.1, 0.15) is 9.92 Å². The number of anilines is 4. The third-order valence-corrected chi connectivity index (χ3v) is 8.58. The number of nitrogens with one attached hydrogen (secondary N) is 3. The van der Waals surface area contributed by atoms with Crippen molar-refractivity contribution in [1.29, 1.82) is 0 Å². The molecule has 0 radical (unpaired) electrons. The number of hydrogen-bond donors (Lipinski definition) is 3. The fourth-order valence-corrected chi connectivity index (χ4v) is 6.07. The second-order valence-electron chi connectivity index (χ2n) is 9.32. The number of halogens is 1. The molecule has 3 aromatic rings. The van der Waals surface area contributed by atoms with Crippen LogP contribution in [0.2, 0.25) is 5.02 Å². The van der Waals surface area contributed by atoms with Crippen LogP contribution >= 0.6 is 11.6 Å². The van der Waals surface area contributed by atoms with Crippen LogP contribution in [-0.2, 0) is 16.6 Å². The summed E-state index contributed by atoms with van der Waals surface area (Å²) in [5.74, 6) is 0.649. The van der Waals surface area contributed by atoms with Gasteiger partial charge in [-0.15, -0.1) is 0 Å². The van der Waals surface area contributed by atoms with Gasteiger partial charge in [0.25, 0.3) is 0 Å². The Morgan fingerprint density at radius 1 is 1.03 bits per heavy atom. The molecule has 2 unspecified atom stereocenters. The van der Waals surface area contributed by atoms with E-state index in [4.69, 9.17) is 11.6 Å². The van der Waals surface area contributed by atoms with E-state index in [1.807, 2.05) is 12.1 Å². The quantitative estimate of drug-likeness (QED) is 0.406. The van der Waals surface area contributed by atoms with Gasteiger partial charge in [-0.25, -0.2) is 18.1 Å². The number of fused-ring (bicyclic) bond motifs is 2. The fraction of sp³-hybridized carbons (Fsp3) is 0.360. The van der Waals surface area contributed by atoms with Crippen molar-refractivity contribution in [1.82, 2.24) is 24.5 Å². The molecule has 2 saturated heterocycles. The molecule has 2 aliphatic heterocycles. The Bertz CT molecular complexity index is 1320. The summed E-state index contributed by atoms with van der Waals surface area (Å²) in [4.78, 5) is 13.9. The third-order valence-electron chi connectivity index (χ3n) is 6.83. The fourth-order valence-electron chi connectivity index (χ4n) is 5.05. The normalized spacial score (nSPS) is 20.4. The zero-order valence-electron chi connectivity index (χ0n) is 20.3. The van der Waals surface area contributed by atoms with E-state index in [0.29, 0.717) is 29.5 Å². The molecule has 2 bridgehead atoms. The van der Waals surface area contributed by atoms with Crippen LogP contribution in [0.3, 0.4) is 0 Å². The largest absolute Gasteiger partial charge is 0.338 e. The van der Waals surface area contributed by atoms with Crippen molar-refractivity contribution < 1.29 is 8.42 Å². The molecule has 3 heterocycles. The van der Waals surface area contributed by atoms with Gasteiger partial charge in [0, 0.05) is 37.4 Å². The molecule has 190 valence electrons. The Morgan fingerprint density at radius 3 is 2.42 bits per heavy atom. The highest BCUT2D eigenvalue weighted by Crippen LogP contribution is 2.32. The molecule has 0 spiro atoms. The number of nitrogens with zero attached hydrogens (tertiary/aromatic N) is 4. The molecule has 2 fully saturated rings. The van der Waals surface area contributed by atoms with Gasteiger partial charge in [-0.05, 0) is 56.8 Å². The van der Waals surface area contributed by atoms with E-state index < -0.39 is 10.0 Å². The summed E-state index contributed by atoms with van der Waals surface area (Å²) in [5, 5.41) is 6.51. The van der Waals surface area contributed by atoms with E-state index in [1.54, 1.807) is 18.2 Å². The van der Waals surface area contributed by atoms with Crippen LogP contribution < -0.4 is 15.4 Å². The van der Waals surface area contributed by atoms with Crippen LogP contribution in [-0.4, -0.2) is 67.5 Å². The van der Waals surface area contributed by atoms with Crippen molar-refractivity contribution in [2.75, 3.05) is 37.8 Å². The van der Waals surface area contributed by atoms with Gasteiger partial charge in [-0.1, -0.05) is 35.9 Å². The van der Waals surface area contributed by atoms with E-state index in [1.165, 1.54) is 37.7 Å². The Kier molecular flexibility index (Phi) is 7.14. The molecule has 36 heavy (non-hydrogen) atoms. The molecular formula is C25H30ClN7O2S. The van der Waals surface area contributed by atoms with Crippen LogP contribution in [0, 0.1) is 0 Å². The van der Waals surface area contributed by atoms with Gasteiger partial charge in [0.2, 0.25) is 16.0 Å². The zero-order chi connectivity index (χ0) is 25.3. The van der Waals surface area contributed by atoms with Crippen LogP contribution in [0.1, 0.15) is 18.4 Å². The third kappa shape index (κ3) is 5.33. The lowest BCUT2D eigenvalue weighted by atomic mass is 10.1. The van der Waals surface area contributed by atoms with Gasteiger partial charge < -0.3 is 15.5 Å². The van der Waals surface area contributed by atoms with E-state index in [9.17, 15) is 8.42 Å². The number of aromatic nitrogens is 2. The van der Waals surface area contributed by atoms with Crippen LogP contribution in [0.5, 0.6) is 0 Å². The van der Waals surface area contributed by atoms with Crippen LogP contribution in [0.15, 0.2) is 59.6 Å². The average molecular weight is 528 g/mol. The maximum Gasteiger partial charge on any atom is 0.242 e. The molecule has 9 nitrogen and oxygen atoms in total. The predicted octanol–water partition coefficient (Wildman–Crippen LogP) is 3.80. The monoisotopic (exact) mass is 527 g/mol. The number of rotatable bonds is 8. The Morgan fingerprint density at radius 2 is 1.72 bits per heavy atom. The van der Waals surface area contributed by atoms with E-state index >= 15 is 0 Å². The molecule has 0 saturated carbocycles. The molecule has 2 atom stereocenters. The Hall–Kier alpha value is -2.76. The number of hydrogen-bond acceptors (Lipinski definition) is 8. The highest BCUT2D eigenvalue weighted by Gasteiger charge is 2.38. The minimum absolute atomic E-state index is 0.0982. The summed E-state index contributed by atoms with van der Waals surface area (Å²) in [6, 6.07) is 16.2. The number of benzene rings is 2. The summed E-state index contributed by atoms with van der Waals surface area (Å²) in [6.07, 6.45) is 4.04. The first kappa shape index (κ1) is 24.9. The van der Waals surface area contributed by atoms with Gasteiger partial charge in [0.15, 0.2) is 5.82 Å². The van der Waals surface area contributed by atoms with Crippen molar-refractivity contribution in [3.63, 3.8) is 0 Å². The summed E-state index contributed by atoms with van der Waals surface area (Å²) in [7, 11) is -0.0799. The SMILES string of the molecule is CNS(=O)(=O)c1ccccc1Nc1nc(Nc2ccc(CN3C4CCC3CN(C)C4)cc2)ncc1Cl. The zero-order valence-corrected chi connectivity index (χ0v) is 21.9. The first-order valence-electron chi connectivity index (χ1n) is 11.9. The minimum Gasteiger partial charge on any atom is -0.338 e. The standard InChI is InChI=1S/C25H30ClN7O2S/c1-27-36(34,35)23-6-4-3-5-22(23)30-24-21(26)13-28-25(31-24)29-18-9-7-17(8-10-18)14-33-19-11-12-20(33)16-32(2)15-19/h3-10,13,19-20,27H,11-12,14-16H2,1-2H3,(H2,28,29,30,31). The smallest absolute Gasteiger partial charge is 0.242 e. The number of likely N-dealkylation sites (N-methyl/N-ethyl adjacent to an activating group) is 1. The number of sulfonamides is 1. The average Bonchev–Trinajstić information content (AvgIpc) is 3.10. The van der Waals surface area contributed by atoms with Gasteiger partial charge >= 0.3 is 0 Å². The summed E-state index contributed by atoms with van der Waals surface area (Å²) < 4.78 is 27.1. The second-order valence-corrected chi connectivity index (χ2v) is 11.6. The van der Waals surface area contributed by atoms with Crippen molar-refractivity contribution in [2.45, 2.75) is 36.4 Å². The predicted molar refractivity (Wildman–Crippen MR) is 143 cm³/mol. The summed E-state index contributed by atoms with van der Waals surface area (Å²) in [5.41, 5.74) is 2.50. The van der Waals surface area contributed by atoms with Crippen LogP contribution in [0.25, 0.3) is 0 Å². The molecule has 2 aromatic carbocycles. The minimum atomic E-state index is -3.66. The number of piperazine rings is 1. The van der Waals surface area contributed by atoms with Crippen molar-refractivity contribution in [3.05, 3.63) is 65.3 Å². The lowest BCUT2D eigenvalue weighted by molar-refractivity contribution is 0.0760. The lowest BCUT2D eigenvalue weighted by Gasteiger charge is -2.39. The molecule has 3 N–H and O–H groups in total. The van der Waals surface area contributed by atoms with Gasteiger partial charge in [-0.3, -0.25) is 4.90 Å².